The molecule has 0 atom stereocenters. The number of urea groups is 1. The van der Waals surface area contributed by atoms with Gasteiger partial charge in [-0.3, -0.25) is 9.88 Å². The number of H-pyrrole nitrogens is 2. The number of nitrogens with one attached hydrogen (secondary N) is 3. The molecule has 5 rings (SSSR count). The first-order chi connectivity index (χ1) is 14.6. The maximum atomic E-state index is 12.6. The number of imidazole rings is 2. The number of nitrogens with two attached hydrogens (primary N) is 1. The Labute approximate surface area is 172 Å². The van der Waals surface area contributed by atoms with E-state index in [4.69, 9.17) is 5.73 Å². The Balaban J connectivity index is 1.63. The van der Waals surface area contributed by atoms with Gasteiger partial charge in [0.1, 0.15) is 0 Å². The van der Waals surface area contributed by atoms with Crippen LogP contribution in [-0.2, 0) is 0 Å². The average Bonchev–Trinajstić information content (AvgIpc) is 3.45. The molecule has 1 aliphatic rings. The minimum atomic E-state index is -0.691. The molecule has 8 nitrogen and oxygen atoms in total. The lowest BCUT2D eigenvalue weighted by atomic mass is 10.0. The number of carbonyl (C=O) groups is 1. The molecule has 152 valence electrons. The molecular formula is C22H22N6O2. The fourth-order valence-electron chi connectivity index (χ4n) is 4.38. The van der Waals surface area contributed by atoms with Gasteiger partial charge < -0.3 is 15.7 Å². The van der Waals surface area contributed by atoms with Gasteiger partial charge in [-0.2, -0.15) is 0 Å². The van der Waals surface area contributed by atoms with E-state index in [1.165, 1.54) is 0 Å². The lowest BCUT2D eigenvalue weighted by Crippen LogP contribution is -2.20. The second-order valence-corrected chi connectivity index (χ2v) is 7.63. The van der Waals surface area contributed by atoms with E-state index in [1.807, 2.05) is 53.1 Å². The third-order valence-electron chi connectivity index (χ3n) is 5.69. The third-order valence-corrected chi connectivity index (χ3v) is 5.69. The van der Waals surface area contributed by atoms with Crippen molar-refractivity contribution in [2.75, 3.05) is 5.32 Å². The van der Waals surface area contributed by atoms with Crippen molar-refractivity contribution in [2.45, 2.75) is 31.7 Å². The van der Waals surface area contributed by atoms with Crippen LogP contribution >= 0.6 is 0 Å². The lowest BCUT2D eigenvalue weighted by molar-refractivity contribution is 0.259. The van der Waals surface area contributed by atoms with Crippen LogP contribution in [0, 0.1) is 0 Å². The van der Waals surface area contributed by atoms with Gasteiger partial charge in [0.05, 0.1) is 22.4 Å². The molecule has 1 fully saturated rings. The molecule has 2 heterocycles. The van der Waals surface area contributed by atoms with E-state index < -0.39 is 6.03 Å². The van der Waals surface area contributed by atoms with Gasteiger partial charge in [-0.15, -0.1) is 0 Å². The van der Waals surface area contributed by atoms with Gasteiger partial charge in [0, 0.05) is 17.2 Å². The van der Waals surface area contributed by atoms with Crippen LogP contribution in [0.1, 0.15) is 31.7 Å². The number of primary amides is 1. The highest BCUT2D eigenvalue weighted by Crippen LogP contribution is 2.34. The molecule has 0 bridgehead atoms. The first kappa shape index (κ1) is 18.2. The molecular weight excluding hydrogens is 380 g/mol. The number of amides is 2. The van der Waals surface area contributed by atoms with Crippen molar-refractivity contribution in [3.63, 3.8) is 0 Å². The molecule has 0 unspecified atom stereocenters. The van der Waals surface area contributed by atoms with Gasteiger partial charge in [-0.05, 0) is 25.0 Å². The van der Waals surface area contributed by atoms with E-state index in [9.17, 15) is 9.59 Å². The Morgan fingerprint density at radius 3 is 2.57 bits per heavy atom. The predicted molar refractivity (Wildman–Crippen MR) is 116 cm³/mol. The van der Waals surface area contributed by atoms with E-state index in [1.54, 1.807) is 0 Å². The predicted octanol–water partition coefficient (Wildman–Crippen LogP) is 3.99. The van der Waals surface area contributed by atoms with Crippen molar-refractivity contribution < 1.29 is 4.79 Å². The van der Waals surface area contributed by atoms with Crippen molar-refractivity contribution in [2.24, 2.45) is 5.73 Å². The molecule has 1 saturated carbocycles. The Kier molecular flexibility index (Phi) is 4.39. The first-order valence-corrected chi connectivity index (χ1v) is 10.1. The third kappa shape index (κ3) is 3.16. The zero-order chi connectivity index (χ0) is 20.7. The van der Waals surface area contributed by atoms with Crippen LogP contribution in [0.2, 0.25) is 0 Å². The van der Waals surface area contributed by atoms with Gasteiger partial charge in [-0.1, -0.05) is 49.2 Å². The molecule has 2 aromatic carbocycles. The van der Waals surface area contributed by atoms with Gasteiger partial charge in [0.15, 0.2) is 0 Å². The summed E-state index contributed by atoms with van der Waals surface area (Å²) in [6.45, 7) is 0. The van der Waals surface area contributed by atoms with Crippen molar-refractivity contribution in [3.05, 3.63) is 59.0 Å². The molecule has 2 amide bonds. The largest absolute Gasteiger partial charge is 0.351 e. The molecule has 2 aromatic heterocycles. The van der Waals surface area contributed by atoms with Crippen LogP contribution < -0.4 is 16.7 Å². The minimum absolute atomic E-state index is 0.0737. The van der Waals surface area contributed by atoms with Gasteiger partial charge in [-0.25, -0.2) is 14.6 Å². The van der Waals surface area contributed by atoms with E-state index >= 15 is 0 Å². The number of aromatic amines is 2. The molecule has 8 heteroatoms. The summed E-state index contributed by atoms with van der Waals surface area (Å²) in [6, 6.07) is 15.1. The first-order valence-electron chi connectivity index (χ1n) is 10.1. The number of rotatable bonds is 4. The van der Waals surface area contributed by atoms with E-state index in [0.29, 0.717) is 5.69 Å². The van der Waals surface area contributed by atoms with Crippen molar-refractivity contribution in [1.82, 2.24) is 19.5 Å². The summed E-state index contributed by atoms with van der Waals surface area (Å²) in [6.07, 6.45) is 4.39. The normalized spacial score (nSPS) is 14.4. The summed E-state index contributed by atoms with van der Waals surface area (Å²) in [5.74, 6) is 0.272. The SMILES string of the molecule is NC(=O)Nc1nc(-c2ccc3c(c2)[nH]c(=O)n3C2CCCC2)c(-c2ccccc2)[nH]1. The number of carbonyl (C=O) groups excluding carboxylic acids is 1. The number of benzene rings is 2. The maximum absolute atomic E-state index is 12.6. The van der Waals surface area contributed by atoms with E-state index in [-0.39, 0.29) is 17.7 Å². The zero-order valence-corrected chi connectivity index (χ0v) is 16.3. The fourth-order valence-corrected chi connectivity index (χ4v) is 4.38. The molecule has 0 spiro atoms. The Hall–Kier alpha value is -3.81. The molecule has 5 N–H and O–H groups in total. The maximum Gasteiger partial charge on any atom is 0.326 e. The average molecular weight is 402 g/mol. The number of fused-ring (bicyclic) bond motifs is 1. The molecule has 4 aromatic rings. The van der Waals surface area contributed by atoms with Gasteiger partial charge >= 0.3 is 11.7 Å². The fraction of sp³-hybridized carbons (Fsp3) is 0.227. The van der Waals surface area contributed by atoms with Gasteiger partial charge in [0.25, 0.3) is 0 Å². The van der Waals surface area contributed by atoms with Gasteiger partial charge in [0.2, 0.25) is 5.95 Å². The van der Waals surface area contributed by atoms with Crippen molar-refractivity contribution in [3.8, 4) is 22.5 Å². The molecule has 30 heavy (non-hydrogen) atoms. The highest BCUT2D eigenvalue weighted by molar-refractivity contribution is 5.90. The lowest BCUT2D eigenvalue weighted by Gasteiger charge is -2.11. The minimum Gasteiger partial charge on any atom is -0.351 e. The monoisotopic (exact) mass is 402 g/mol. The van der Waals surface area contributed by atoms with Crippen molar-refractivity contribution in [1.29, 1.82) is 0 Å². The smallest absolute Gasteiger partial charge is 0.326 e. The topological polar surface area (TPSA) is 122 Å². The number of aromatic nitrogens is 4. The van der Waals surface area contributed by atoms with E-state index in [2.05, 4.69) is 20.3 Å². The summed E-state index contributed by atoms with van der Waals surface area (Å²) in [7, 11) is 0. The standard InChI is InChI=1S/C22H22N6O2/c23-20(29)27-21-25-18(13-6-2-1-3-7-13)19(26-21)14-10-11-17-16(12-14)24-22(30)28(17)15-8-4-5-9-15/h1-3,6-7,10-12,15H,4-5,8-9H2,(H,24,30)(H4,23,25,26,27,29). The van der Waals surface area contributed by atoms with Crippen molar-refractivity contribution >= 4 is 23.0 Å². The second kappa shape index (κ2) is 7.22. The van der Waals surface area contributed by atoms with Crippen LogP contribution in [0.25, 0.3) is 33.5 Å². The summed E-state index contributed by atoms with van der Waals surface area (Å²) >= 11 is 0. The Bertz CT molecular complexity index is 1280. The van der Waals surface area contributed by atoms with Crippen LogP contribution in [0.5, 0.6) is 0 Å². The summed E-state index contributed by atoms with van der Waals surface area (Å²) in [4.78, 5) is 34.6. The number of hydrogen-bond acceptors (Lipinski definition) is 3. The summed E-state index contributed by atoms with van der Waals surface area (Å²) in [5.41, 5.74) is 10.1. The number of anilines is 1. The summed E-state index contributed by atoms with van der Waals surface area (Å²) in [5, 5.41) is 2.50. The van der Waals surface area contributed by atoms with Crippen LogP contribution in [0.3, 0.4) is 0 Å². The highest BCUT2D eigenvalue weighted by Gasteiger charge is 2.22. The second-order valence-electron chi connectivity index (χ2n) is 7.63. The molecule has 0 saturated heterocycles. The van der Waals surface area contributed by atoms with E-state index in [0.717, 1.165) is 53.5 Å². The van der Waals surface area contributed by atoms with Crippen LogP contribution in [0.15, 0.2) is 53.3 Å². The molecule has 0 aliphatic heterocycles. The Morgan fingerprint density at radius 2 is 1.83 bits per heavy atom. The van der Waals surface area contributed by atoms with Crippen LogP contribution in [-0.4, -0.2) is 25.6 Å². The molecule has 1 aliphatic carbocycles. The number of hydrogen-bond donors (Lipinski definition) is 4. The Morgan fingerprint density at radius 1 is 1.07 bits per heavy atom. The zero-order valence-electron chi connectivity index (χ0n) is 16.3. The summed E-state index contributed by atoms with van der Waals surface area (Å²) < 4.78 is 1.88. The quantitative estimate of drug-likeness (QED) is 0.413. The highest BCUT2D eigenvalue weighted by atomic mass is 16.2. The molecule has 0 radical (unpaired) electrons. The van der Waals surface area contributed by atoms with Crippen LogP contribution in [0.4, 0.5) is 10.7 Å². The number of nitrogens with zero attached hydrogens (tertiary/aromatic N) is 2.